The fraction of sp³-hybridized carbons (Fsp3) is 0.462. The Labute approximate surface area is 119 Å². The summed E-state index contributed by atoms with van der Waals surface area (Å²) in [5.41, 5.74) is 0.234. The van der Waals surface area contributed by atoms with Crippen molar-refractivity contribution in [3.05, 3.63) is 29.3 Å². The van der Waals surface area contributed by atoms with Crippen molar-refractivity contribution in [3.63, 3.8) is 0 Å². The van der Waals surface area contributed by atoms with Crippen molar-refractivity contribution in [1.29, 1.82) is 0 Å². The summed E-state index contributed by atoms with van der Waals surface area (Å²) in [4.78, 5) is 12.9. The van der Waals surface area contributed by atoms with Gasteiger partial charge in [0.15, 0.2) is 0 Å². The summed E-state index contributed by atoms with van der Waals surface area (Å²) in [7, 11) is -0.0352. The number of sulfonamides is 1. The smallest absolute Gasteiger partial charge is 0.335 e. The SMILES string of the molecule is Cc1c(C(=O)O)cccc1S(=O)(=O)NC(C)CN(C)C. The molecule has 6 nitrogen and oxygen atoms in total. The Morgan fingerprint density at radius 2 is 2.00 bits per heavy atom. The minimum atomic E-state index is -3.73. The van der Waals surface area contributed by atoms with Crippen LogP contribution < -0.4 is 4.72 Å². The van der Waals surface area contributed by atoms with Crippen LogP contribution in [0.15, 0.2) is 23.1 Å². The first kappa shape index (κ1) is 16.6. The van der Waals surface area contributed by atoms with Crippen LogP contribution in [-0.2, 0) is 10.0 Å². The molecule has 0 aliphatic rings. The molecule has 0 heterocycles. The van der Waals surface area contributed by atoms with Gasteiger partial charge in [0.25, 0.3) is 0 Å². The second-order valence-corrected chi connectivity index (χ2v) is 6.70. The molecular formula is C13H20N2O4S. The minimum absolute atomic E-state index is 0.00278. The van der Waals surface area contributed by atoms with E-state index in [4.69, 9.17) is 5.11 Å². The number of carboxylic acid groups (broad SMARTS) is 1. The van der Waals surface area contributed by atoms with Crippen molar-refractivity contribution in [2.24, 2.45) is 0 Å². The van der Waals surface area contributed by atoms with Crippen LogP contribution in [0.4, 0.5) is 0 Å². The van der Waals surface area contributed by atoms with E-state index >= 15 is 0 Å². The molecule has 0 bridgehead atoms. The predicted octanol–water partition coefficient (Wildman–Crippen LogP) is 0.922. The molecule has 112 valence electrons. The quantitative estimate of drug-likeness (QED) is 0.816. The van der Waals surface area contributed by atoms with E-state index in [9.17, 15) is 13.2 Å². The van der Waals surface area contributed by atoms with Gasteiger partial charge in [0.2, 0.25) is 10.0 Å². The Morgan fingerprint density at radius 1 is 1.40 bits per heavy atom. The maximum atomic E-state index is 12.3. The third-order valence-electron chi connectivity index (χ3n) is 2.80. The summed E-state index contributed by atoms with van der Waals surface area (Å²) in [5.74, 6) is -1.14. The van der Waals surface area contributed by atoms with Gasteiger partial charge in [-0.3, -0.25) is 0 Å². The summed E-state index contributed by atoms with van der Waals surface area (Å²) < 4.78 is 27.1. The van der Waals surface area contributed by atoms with E-state index < -0.39 is 16.0 Å². The van der Waals surface area contributed by atoms with Crippen LogP contribution in [0.2, 0.25) is 0 Å². The van der Waals surface area contributed by atoms with Gasteiger partial charge in [0, 0.05) is 12.6 Å². The lowest BCUT2D eigenvalue weighted by Gasteiger charge is -2.19. The zero-order valence-corrected chi connectivity index (χ0v) is 12.9. The van der Waals surface area contributed by atoms with Crippen LogP contribution in [0.3, 0.4) is 0 Å². The van der Waals surface area contributed by atoms with E-state index in [1.165, 1.54) is 25.1 Å². The van der Waals surface area contributed by atoms with Crippen molar-refractivity contribution in [3.8, 4) is 0 Å². The molecule has 1 unspecified atom stereocenters. The predicted molar refractivity (Wildman–Crippen MR) is 76.5 cm³/mol. The lowest BCUT2D eigenvalue weighted by molar-refractivity contribution is 0.0696. The van der Waals surface area contributed by atoms with Crippen LogP contribution in [0.25, 0.3) is 0 Å². The van der Waals surface area contributed by atoms with Crippen molar-refractivity contribution in [2.75, 3.05) is 20.6 Å². The fourth-order valence-corrected chi connectivity index (χ4v) is 3.55. The molecular weight excluding hydrogens is 280 g/mol. The highest BCUT2D eigenvalue weighted by atomic mass is 32.2. The Hall–Kier alpha value is -1.44. The van der Waals surface area contributed by atoms with Gasteiger partial charge >= 0.3 is 5.97 Å². The number of likely N-dealkylation sites (N-methyl/N-ethyl adjacent to an activating group) is 1. The van der Waals surface area contributed by atoms with Crippen molar-refractivity contribution in [2.45, 2.75) is 24.8 Å². The van der Waals surface area contributed by atoms with Crippen LogP contribution in [-0.4, -0.2) is 51.1 Å². The van der Waals surface area contributed by atoms with E-state index in [0.29, 0.717) is 6.54 Å². The summed E-state index contributed by atoms with van der Waals surface area (Å²) in [6.07, 6.45) is 0. The molecule has 1 aromatic carbocycles. The topological polar surface area (TPSA) is 86.7 Å². The number of nitrogens with zero attached hydrogens (tertiary/aromatic N) is 1. The van der Waals surface area contributed by atoms with Crippen molar-refractivity contribution in [1.82, 2.24) is 9.62 Å². The highest BCUT2D eigenvalue weighted by Gasteiger charge is 2.22. The zero-order valence-electron chi connectivity index (χ0n) is 12.0. The summed E-state index contributed by atoms with van der Waals surface area (Å²) in [5, 5.41) is 9.03. The van der Waals surface area contributed by atoms with Crippen LogP contribution >= 0.6 is 0 Å². The number of carbonyl (C=O) groups is 1. The number of rotatable bonds is 6. The van der Waals surface area contributed by atoms with Crippen LogP contribution in [0.5, 0.6) is 0 Å². The molecule has 20 heavy (non-hydrogen) atoms. The molecule has 1 aromatic rings. The van der Waals surface area contributed by atoms with E-state index in [0.717, 1.165) is 0 Å². The number of hydrogen-bond donors (Lipinski definition) is 2. The molecule has 0 aliphatic carbocycles. The number of nitrogens with one attached hydrogen (secondary N) is 1. The second kappa shape index (κ2) is 6.34. The molecule has 0 amide bonds. The molecule has 0 fully saturated rings. The van der Waals surface area contributed by atoms with E-state index in [1.807, 2.05) is 19.0 Å². The molecule has 0 saturated heterocycles. The lowest BCUT2D eigenvalue weighted by atomic mass is 10.1. The molecule has 1 atom stereocenters. The van der Waals surface area contributed by atoms with E-state index in [1.54, 1.807) is 6.92 Å². The Bertz CT molecular complexity index is 596. The second-order valence-electron chi connectivity index (χ2n) is 5.02. The molecule has 1 rings (SSSR count). The van der Waals surface area contributed by atoms with Gasteiger partial charge in [0.05, 0.1) is 10.5 Å². The number of carboxylic acids is 1. The van der Waals surface area contributed by atoms with Gasteiger partial charge < -0.3 is 10.0 Å². The molecule has 2 N–H and O–H groups in total. The van der Waals surface area contributed by atoms with Gasteiger partial charge in [-0.05, 0) is 45.6 Å². The summed E-state index contributed by atoms with van der Waals surface area (Å²) in [6.45, 7) is 3.81. The summed E-state index contributed by atoms with van der Waals surface area (Å²) >= 11 is 0. The molecule has 0 aromatic heterocycles. The zero-order chi connectivity index (χ0) is 15.5. The fourth-order valence-electron chi connectivity index (χ4n) is 2.05. The maximum Gasteiger partial charge on any atom is 0.335 e. The number of aromatic carboxylic acids is 1. The maximum absolute atomic E-state index is 12.3. The highest BCUT2D eigenvalue weighted by Crippen LogP contribution is 2.19. The average Bonchev–Trinajstić information content (AvgIpc) is 2.26. The number of hydrogen-bond acceptors (Lipinski definition) is 4. The van der Waals surface area contributed by atoms with Gasteiger partial charge in [-0.1, -0.05) is 6.07 Å². The average molecular weight is 300 g/mol. The van der Waals surface area contributed by atoms with Gasteiger partial charge in [-0.2, -0.15) is 0 Å². The molecule has 0 radical (unpaired) electrons. The highest BCUT2D eigenvalue weighted by molar-refractivity contribution is 7.89. The Morgan fingerprint density at radius 3 is 2.50 bits per heavy atom. The van der Waals surface area contributed by atoms with Crippen molar-refractivity contribution >= 4 is 16.0 Å². The van der Waals surface area contributed by atoms with Gasteiger partial charge in [-0.25, -0.2) is 17.9 Å². The Kier molecular flexibility index (Phi) is 5.27. The minimum Gasteiger partial charge on any atom is -0.478 e. The third kappa shape index (κ3) is 4.03. The Balaban J connectivity index is 3.10. The van der Waals surface area contributed by atoms with Crippen molar-refractivity contribution < 1.29 is 18.3 Å². The molecule has 0 spiro atoms. The first-order valence-electron chi connectivity index (χ1n) is 6.15. The molecule has 0 aliphatic heterocycles. The van der Waals surface area contributed by atoms with Gasteiger partial charge in [-0.15, -0.1) is 0 Å². The molecule has 0 saturated carbocycles. The van der Waals surface area contributed by atoms with Crippen LogP contribution in [0, 0.1) is 6.92 Å². The van der Waals surface area contributed by atoms with Crippen LogP contribution in [0.1, 0.15) is 22.8 Å². The van der Waals surface area contributed by atoms with E-state index in [-0.39, 0.29) is 22.1 Å². The largest absolute Gasteiger partial charge is 0.478 e. The normalized spacial score (nSPS) is 13.4. The number of benzene rings is 1. The standard InChI is InChI=1S/C13H20N2O4S/c1-9(8-15(3)4)14-20(18,19)12-7-5-6-11(10(12)2)13(16)17/h5-7,9,14H,8H2,1-4H3,(H,16,17). The molecule has 7 heteroatoms. The summed E-state index contributed by atoms with van der Waals surface area (Å²) in [6, 6.07) is 3.96. The first-order valence-corrected chi connectivity index (χ1v) is 7.63. The van der Waals surface area contributed by atoms with Gasteiger partial charge in [0.1, 0.15) is 0 Å². The monoisotopic (exact) mass is 300 g/mol. The first-order chi connectivity index (χ1) is 9.15. The van der Waals surface area contributed by atoms with E-state index in [2.05, 4.69) is 4.72 Å². The third-order valence-corrected chi connectivity index (χ3v) is 4.53. The lowest BCUT2D eigenvalue weighted by Crippen LogP contribution is -2.39.